The Morgan fingerprint density at radius 3 is 2.50 bits per heavy atom. The zero-order chi connectivity index (χ0) is 24.8. The first-order valence-electron chi connectivity index (χ1n) is 11.5. The number of ether oxygens (including phenoxy) is 1. The Balaban J connectivity index is 2.20. The number of aromatic hydroxyl groups is 2. The number of likely N-dealkylation sites (tertiary alicyclic amines) is 1. The smallest absolute Gasteiger partial charge is 0.342 e. The number of benzene rings is 1. The molecular formula is C26H34N2O6. The molecule has 1 aromatic carbocycles. The monoisotopic (exact) mass is 470 g/mol. The summed E-state index contributed by atoms with van der Waals surface area (Å²) in [6, 6.07) is 2.45. The number of hydrogen-bond acceptors (Lipinski definition) is 7. The Morgan fingerprint density at radius 2 is 1.79 bits per heavy atom. The number of allylic oxidation sites excluding steroid dienone is 3. The summed E-state index contributed by atoms with van der Waals surface area (Å²) in [5, 5.41) is 24.4. The van der Waals surface area contributed by atoms with Gasteiger partial charge in [-0.25, -0.2) is 4.79 Å². The van der Waals surface area contributed by atoms with Gasteiger partial charge in [0.15, 0.2) is 6.61 Å². The molecule has 1 amide bonds. The van der Waals surface area contributed by atoms with Crippen LogP contribution in [0, 0.1) is 0 Å². The van der Waals surface area contributed by atoms with Crippen LogP contribution in [0.1, 0.15) is 54.4 Å². The van der Waals surface area contributed by atoms with Crippen LogP contribution in [-0.2, 0) is 20.8 Å². The van der Waals surface area contributed by atoms with Crippen LogP contribution in [0.15, 0.2) is 54.8 Å². The highest BCUT2D eigenvalue weighted by Crippen LogP contribution is 2.29. The summed E-state index contributed by atoms with van der Waals surface area (Å²) in [7, 11) is 0. The molecule has 1 aliphatic rings. The summed E-state index contributed by atoms with van der Waals surface area (Å²) < 4.78 is 5.20. The molecule has 0 aromatic heterocycles. The maximum absolute atomic E-state index is 12.6. The molecule has 1 heterocycles. The Kier molecular flexibility index (Phi) is 11.4. The third kappa shape index (κ3) is 8.77. The molecule has 184 valence electrons. The van der Waals surface area contributed by atoms with E-state index in [1.54, 1.807) is 23.1 Å². The molecule has 1 aromatic rings. The summed E-state index contributed by atoms with van der Waals surface area (Å²) in [5.41, 5.74) is 0.679. The molecule has 8 nitrogen and oxygen atoms in total. The number of phenolic OH excluding ortho intramolecular Hbond substituents is 2. The fourth-order valence-corrected chi connectivity index (χ4v) is 3.51. The first-order chi connectivity index (χ1) is 16.5. The molecule has 1 saturated heterocycles. The van der Waals surface area contributed by atoms with Crippen LogP contribution in [0.25, 0.3) is 0 Å². The third-order valence-electron chi connectivity index (χ3n) is 5.24. The number of amides is 1. The van der Waals surface area contributed by atoms with E-state index in [9.17, 15) is 19.8 Å². The molecule has 8 heteroatoms. The summed E-state index contributed by atoms with van der Waals surface area (Å²) in [4.78, 5) is 32.1. The number of carbonyl (C=O) groups excluding carboxylic acids is 2. The molecule has 0 atom stereocenters. The standard InChI is InChI=1S/C26H34N2O6/c1-3-5-7-9-12-21(27-34-19-24(31)28-13-10-8-11-14-28)16-20-17-22(29)18-23(30)25(20)26(32)33-15-6-4-2/h3-4,9,12,17-18,29-30H,1-2,5-8,10-11,13-16,19H2. The van der Waals surface area contributed by atoms with Crippen molar-refractivity contribution in [1.82, 2.24) is 4.90 Å². The van der Waals surface area contributed by atoms with Gasteiger partial charge in [-0.3, -0.25) is 4.79 Å². The van der Waals surface area contributed by atoms with E-state index in [1.165, 1.54) is 6.07 Å². The summed E-state index contributed by atoms with van der Waals surface area (Å²) in [6.45, 7) is 8.65. The molecule has 0 saturated carbocycles. The van der Waals surface area contributed by atoms with Crippen LogP contribution >= 0.6 is 0 Å². The second-order valence-corrected chi connectivity index (χ2v) is 7.95. The Bertz CT molecular complexity index is 916. The van der Waals surface area contributed by atoms with Gasteiger partial charge < -0.3 is 24.7 Å². The van der Waals surface area contributed by atoms with E-state index in [0.717, 1.165) is 51.3 Å². The second-order valence-electron chi connectivity index (χ2n) is 7.95. The highest BCUT2D eigenvalue weighted by Gasteiger charge is 2.21. The van der Waals surface area contributed by atoms with Gasteiger partial charge in [0, 0.05) is 25.6 Å². The van der Waals surface area contributed by atoms with Gasteiger partial charge in [-0.15, -0.1) is 13.2 Å². The molecule has 2 rings (SSSR count). The molecule has 2 N–H and O–H groups in total. The van der Waals surface area contributed by atoms with Gasteiger partial charge in [0.25, 0.3) is 5.91 Å². The zero-order valence-electron chi connectivity index (χ0n) is 19.6. The fraction of sp³-hybridized carbons (Fsp3) is 0.423. The number of rotatable bonds is 13. The van der Waals surface area contributed by atoms with Crippen molar-refractivity contribution < 1.29 is 29.4 Å². The van der Waals surface area contributed by atoms with E-state index in [0.29, 0.717) is 17.7 Å². The predicted octanol–water partition coefficient (Wildman–Crippen LogP) is 4.28. The first kappa shape index (κ1) is 26.7. The molecule has 1 fully saturated rings. The van der Waals surface area contributed by atoms with Gasteiger partial charge in [-0.2, -0.15) is 0 Å². The van der Waals surface area contributed by atoms with Crippen molar-refractivity contribution in [3.05, 3.63) is 60.7 Å². The SMILES string of the molecule is C=CCCC=CC(Cc1cc(O)cc(O)c1C(=O)OCCC=C)=NOCC(=O)N1CCCCC1. The van der Waals surface area contributed by atoms with Crippen LogP contribution in [0.5, 0.6) is 11.5 Å². The van der Waals surface area contributed by atoms with Crippen LogP contribution in [-0.4, -0.2) is 59.0 Å². The largest absolute Gasteiger partial charge is 0.508 e. The number of nitrogens with zero attached hydrogens (tertiary/aromatic N) is 2. The molecule has 34 heavy (non-hydrogen) atoms. The minimum atomic E-state index is -0.717. The Hall–Kier alpha value is -3.55. The lowest BCUT2D eigenvalue weighted by molar-refractivity contribution is -0.137. The number of hydrogen-bond donors (Lipinski definition) is 2. The lowest BCUT2D eigenvalue weighted by Gasteiger charge is -2.26. The molecule has 0 spiro atoms. The van der Waals surface area contributed by atoms with Crippen LogP contribution in [0.4, 0.5) is 0 Å². The number of oxime groups is 1. The Labute approximate surface area is 200 Å². The minimum Gasteiger partial charge on any atom is -0.508 e. The van der Waals surface area contributed by atoms with Crippen LogP contribution in [0.2, 0.25) is 0 Å². The van der Waals surface area contributed by atoms with Gasteiger partial charge in [0.2, 0.25) is 0 Å². The number of piperidine rings is 1. The van der Waals surface area contributed by atoms with Crippen molar-refractivity contribution in [1.29, 1.82) is 0 Å². The van der Waals surface area contributed by atoms with Gasteiger partial charge >= 0.3 is 5.97 Å². The maximum Gasteiger partial charge on any atom is 0.342 e. The summed E-state index contributed by atoms with van der Waals surface area (Å²) in [6.07, 6.45) is 12.1. The summed E-state index contributed by atoms with van der Waals surface area (Å²) in [5.74, 6) is -1.44. The van der Waals surface area contributed by atoms with E-state index < -0.39 is 11.7 Å². The number of esters is 1. The van der Waals surface area contributed by atoms with E-state index >= 15 is 0 Å². The average Bonchev–Trinajstić information content (AvgIpc) is 2.81. The highest BCUT2D eigenvalue weighted by molar-refractivity contribution is 6.00. The zero-order valence-corrected chi connectivity index (χ0v) is 19.6. The van der Waals surface area contributed by atoms with Crippen molar-refractivity contribution in [3.8, 4) is 11.5 Å². The van der Waals surface area contributed by atoms with Gasteiger partial charge in [0.05, 0.1) is 12.3 Å². The van der Waals surface area contributed by atoms with Gasteiger partial charge in [-0.05, 0) is 56.2 Å². The van der Waals surface area contributed by atoms with Crippen molar-refractivity contribution in [2.24, 2.45) is 5.16 Å². The minimum absolute atomic E-state index is 0.0570. The Morgan fingerprint density at radius 1 is 1.06 bits per heavy atom. The second kappa shape index (κ2) is 14.6. The topological polar surface area (TPSA) is 109 Å². The van der Waals surface area contributed by atoms with Crippen molar-refractivity contribution in [3.63, 3.8) is 0 Å². The van der Waals surface area contributed by atoms with Crippen molar-refractivity contribution in [2.45, 2.75) is 44.9 Å². The van der Waals surface area contributed by atoms with E-state index in [4.69, 9.17) is 9.57 Å². The lowest BCUT2D eigenvalue weighted by Crippen LogP contribution is -2.37. The third-order valence-corrected chi connectivity index (χ3v) is 5.24. The number of unbranched alkanes of at least 4 members (excludes halogenated alkanes) is 1. The predicted molar refractivity (Wildman–Crippen MR) is 131 cm³/mol. The fourth-order valence-electron chi connectivity index (χ4n) is 3.51. The first-order valence-corrected chi connectivity index (χ1v) is 11.5. The normalized spacial score (nSPS) is 14.1. The van der Waals surface area contributed by atoms with Gasteiger partial charge in [0.1, 0.15) is 17.1 Å². The van der Waals surface area contributed by atoms with Crippen molar-refractivity contribution in [2.75, 3.05) is 26.3 Å². The molecule has 0 bridgehead atoms. The molecule has 1 aliphatic heterocycles. The van der Waals surface area contributed by atoms with Crippen LogP contribution < -0.4 is 0 Å². The van der Waals surface area contributed by atoms with E-state index in [1.807, 2.05) is 6.08 Å². The molecule has 0 unspecified atom stereocenters. The summed E-state index contributed by atoms with van der Waals surface area (Å²) >= 11 is 0. The van der Waals surface area contributed by atoms with Gasteiger partial charge in [-0.1, -0.05) is 23.4 Å². The van der Waals surface area contributed by atoms with Crippen molar-refractivity contribution >= 4 is 17.6 Å². The maximum atomic E-state index is 12.6. The lowest BCUT2D eigenvalue weighted by atomic mass is 10.00. The quantitative estimate of drug-likeness (QED) is 0.146. The molecule has 0 aliphatic carbocycles. The average molecular weight is 471 g/mol. The number of carbonyl (C=O) groups is 2. The van der Waals surface area contributed by atoms with Crippen LogP contribution in [0.3, 0.4) is 0 Å². The molecular weight excluding hydrogens is 436 g/mol. The van der Waals surface area contributed by atoms with E-state index in [-0.39, 0.29) is 36.9 Å². The number of phenols is 2. The van der Waals surface area contributed by atoms with E-state index in [2.05, 4.69) is 18.3 Å². The highest BCUT2D eigenvalue weighted by atomic mass is 16.6. The molecule has 0 radical (unpaired) electrons.